The number of hydrogen-bond donors (Lipinski definition) is 1. The lowest BCUT2D eigenvalue weighted by atomic mass is 10.1. The van der Waals surface area contributed by atoms with Crippen LogP contribution >= 0.6 is 0 Å². The van der Waals surface area contributed by atoms with Crippen molar-refractivity contribution < 1.29 is 23.8 Å². The molecule has 1 unspecified atom stereocenters. The van der Waals surface area contributed by atoms with Gasteiger partial charge in [-0.1, -0.05) is 6.07 Å². The van der Waals surface area contributed by atoms with Crippen LogP contribution in [0.1, 0.15) is 17.3 Å². The second kappa shape index (κ2) is 5.92. The lowest BCUT2D eigenvalue weighted by Crippen LogP contribution is -2.51. The first kappa shape index (κ1) is 15.4. The van der Waals surface area contributed by atoms with Crippen LogP contribution in [-0.4, -0.2) is 52.2 Å². The van der Waals surface area contributed by atoms with Crippen molar-refractivity contribution >= 4 is 22.8 Å². The Hall–Kier alpha value is -2.54. The van der Waals surface area contributed by atoms with Gasteiger partial charge in [0.15, 0.2) is 6.10 Å². The number of carboxylic acids is 1. The monoisotopic (exact) mass is 318 g/mol. The molecule has 2 heterocycles. The number of pyridine rings is 1. The van der Waals surface area contributed by atoms with Gasteiger partial charge in [-0.25, -0.2) is 9.18 Å². The van der Waals surface area contributed by atoms with Gasteiger partial charge in [-0.2, -0.15) is 0 Å². The smallest absolute Gasteiger partial charge is 0.334 e. The molecule has 0 saturated carbocycles. The molecule has 0 bridgehead atoms. The van der Waals surface area contributed by atoms with Crippen LogP contribution < -0.4 is 0 Å². The Morgan fingerprint density at radius 1 is 1.39 bits per heavy atom. The third kappa shape index (κ3) is 3.00. The number of fused-ring (bicyclic) bond motifs is 1. The van der Waals surface area contributed by atoms with E-state index in [0.717, 1.165) is 6.07 Å². The minimum atomic E-state index is -1.13. The summed E-state index contributed by atoms with van der Waals surface area (Å²) in [5.74, 6) is -2.11. The Morgan fingerprint density at radius 2 is 2.17 bits per heavy atom. The molecule has 23 heavy (non-hydrogen) atoms. The zero-order valence-electron chi connectivity index (χ0n) is 12.4. The highest BCUT2D eigenvalue weighted by molar-refractivity contribution is 6.05. The van der Waals surface area contributed by atoms with Crippen LogP contribution in [0.15, 0.2) is 30.5 Å². The maximum absolute atomic E-state index is 13.8. The Bertz CT molecular complexity index is 780. The highest BCUT2D eigenvalue weighted by Crippen LogP contribution is 2.22. The first-order chi connectivity index (χ1) is 11.0. The molecule has 0 spiro atoms. The van der Waals surface area contributed by atoms with Crippen LogP contribution in [0, 0.1) is 5.82 Å². The van der Waals surface area contributed by atoms with E-state index in [9.17, 15) is 14.0 Å². The summed E-state index contributed by atoms with van der Waals surface area (Å²) in [6.07, 6.45) is 0.0241. The molecule has 7 heteroatoms. The molecule has 1 fully saturated rings. The van der Waals surface area contributed by atoms with Crippen molar-refractivity contribution in [2.24, 2.45) is 0 Å². The summed E-state index contributed by atoms with van der Waals surface area (Å²) in [5.41, 5.74) is 0.517. The minimum Gasteiger partial charge on any atom is -0.479 e. The number of carbonyl (C=O) groups excluding carboxylic acids is 1. The number of aromatic nitrogens is 1. The Kier molecular flexibility index (Phi) is 3.96. The van der Waals surface area contributed by atoms with Gasteiger partial charge in [-0.05, 0) is 25.1 Å². The van der Waals surface area contributed by atoms with Gasteiger partial charge in [-0.15, -0.1) is 0 Å². The van der Waals surface area contributed by atoms with Crippen LogP contribution in [0.3, 0.4) is 0 Å². The molecular weight excluding hydrogens is 303 g/mol. The SMILES string of the molecule is C[C@@H]1CN(C(=O)c2cc(F)cc3cccnc23)CC(C(=O)O)O1. The van der Waals surface area contributed by atoms with Gasteiger partial charge in [-0.3, -0.25) is 9.78 Å². The molecule has 1 aromatic carbocycles. The number of nitrogens with zero attached hydrogens (tertiary/aromatic N) is 2. The molecule has 2 aromatic rings. The van der Waals surface area contributed by atoms with E-state index in [4.69, 9.17) is 9.84 Å². The minimum absolute atomic E-state index is 0.0800. The molecule has 120 valence electrons. The fourth-order valence-electron chi connectivity index (χ4n) is 2.74. The van der Waals surface area contributed by atoms with E-state index in [1.54, 1.807) is 19.1 Å². The zero-order chi connectivity index (χ0) is 16.6. The summed E-state index contributed by atoms with van der Waals surface area (Å²) < 4.78 is 19.1. The van der Waals surface area contributed by atoms with Gasteiger partial charge in [0.05, 0.1) is 23.7 Å². The summed E-state index contributed by atoms with van der Waals surface area (Å²) in [7, 11) is 0. The van der Waals surface area contributed by atoms with Crippen molar-refractivity contribution in [3.05, 3.63) is 41.8 Å². The van der Waals surface area contributed by atoms with Crippen molar-refractivity contribution in [2.45, 2.75) is 19.1 Å². The quantitative estimate of drug-likeness (QED) is 0.911. The van der Waals surface area contributed by atoms with Crippen LogP contribution in [0.5, 0.6) is 0 Å². The summed E-state index contributed by atoms with van der Waals surface area (Å²) in [5, 5.41) is 9.63. The second-order valence-corrected chi connectivity index (χ2v) is 5.51. The van der Waals surface area contributed by atoms with Crippen molar-refractivity contribution in [1.82, 2.24) is 9.88 Å². The van der Waals surface area contributed by atoms with E-state index in [-0.39, 0.29) is 18.7 Å². The van der Waals surface area contributed by atoms with Gasteiger partial charge in [0, 0.05) is 18.1 Å². The first-order valence-corrected chi connectivity index (χ1v) is 7.17. The van der Waals surface area contributed by atoms with Crippen LogP contribution in [0.2, 0.25) is 0 Å². The summed E-state index contributed by atoms with van der Waals surface area (Å²) in [6.45, 7) is 1.86. The van der Waals surface area contributed by atoms with Crippen molar-refractivity contribution in [3.63, 3.8) is 0 Å². The van der Waals surface area contributed by atoms with Crippen LogP contribution in [-0.2, 0) is 9.53 Å². The number of aliphatic carboxylic acids is 1. The van der Waals surface area contributed by atoms with Gasteiger partial charge in [0.25, 0.3) is 5.91 Å². The topological polar surface area (TPSA) is 79.7 Å². The van der Waals surface area contributed by atoms with Crippen molar-refractivity contribution in [2.75, 3.05) is 13.1 Å². The fraction of sp³-hybridized carbons (Fsp3) is 0.312. The molecule has 1 aliphatic rings. The van der Waals surface area contributed by atoms with E-state index in [1.807, 2.05) is 0 Å². The number of morpholine rings is 1. The number of rotatable bonds is 2. The molecule has 0 aliphatic carbocycles. The van der Waals surface area contributed by atoms with Gasteiger partial charge in [0.2, 0.25) is 0 Å². The molecule has 1 amide bonds. The second-order valence-electron chi connectivity index (χ2n) is 5.51. The predicted molar refractivity (Wildman–Crippen MR) is 79.6 cm³/mol. The zero-order valence-corrected chi connectivity index (χ0v) is 12.4. The molecular formula is C16H15FN2O4. The number of ether oxygens (including phenoxy) is 1. The van der Waals surface area contributed by atoms with E-state index < -0.39 is 29.9 Å². The maximum Gasteiger partial charge on any atom is 0.334 e. The number of hydrogen-bond acceptors (Lipinski definition) is 4. The lowest BCUT2D eigenvalue weighted by molar-refractivity contribution is -0.160. The van der Waals surface area contributed by atoms with Gasteiger partial charge >= 0.3 is 5.97 Å². The first-order valence-electron chi connectivity index (χ1n) is 7.17. The van der Waals surface area contributed by atoms with E-state index in [0.29, 0.717) is 10.9 Å². The van der Waals surface area contributed by atoms with Crippen LogP contribution in [0.4, 0.5) is 4.39 Å². The molecule has 0 radical (unpaired) electrons. The largest absolute Gasteiger partial charge is 0.479 e. The third-order valence-corrected chi connectivity index (χ3v) is 3.72. The Morgan fingerprint density at radius 3 is 2.91 bits per heavy atom. The standard InChI is InChI=1S/C16H15FN2O4/c1-9-7-19(8-13(23-9)16(21)22)15(20)12-6-11(17)5-10-3-2-4-18-14(10)12/h2-6,9,13H,7-8H2,1H3,(H,21,22)/t9-,13?/m1/s1. The molecule has 1 N–H and O–H groups in total. The van der Waals surface area contributed by atoms with E-state index in [1.165, 1.54) is 17.2 Å². The molecule has 1 aromatic heterocycles. The molecule has 3 rings (SSSR count). The number of amides is 1. The highest BCUT2D eigenvalue weighted by atomic mass is 19.1. The molecule has 1 saturated heterocycles. The fourth-order valence-corrected chi connectivity index (χ4v) is 2.74. The molecule has 2 atom stereocenters. The number of carboxylic acid groups (broad SMARTS) is 1. The lowest BCUT2D eigenvalue weighted by Gasteiger charge is -2.35. The van der Waals surface area contributed by atoms with E-state index >= 15 is 0 Å². The van der Waals surface area contributed by atoms with Gasteiger partial charge in [0.1, 0.15) is 5.82 Å². The van der Waals surface area contributed by atoms with Crippen molar-refractivity contribution in [3.8, 4) is 0 Å². The maximum atomic E-state index is 13.8. The number of benzene rings is 1. The molecule has 6 nitrogen and oxygen atoms in total. The molecule has 1 aliphatic heterocycles. The Labute approximate surface area is 131 Å². The van der Waals surface area contributed by atoms with E-state index in [2.05, 4.69) is 4.98 Å². The summed E-state index contributed by atoms with van der Waals surface area (Å²) >= 11 is 0. The number of halogens is 1. The summed E-state index contributed by atoms with van der Waals surface area (Å²) in [4.78, 5) is 29.4. The number of carbonyl (C=O) groups is 2. The van der Waals surface area contributed by atoms with Crippen molar-refractivity contribution in [1.29, 1.82) is 0 Å². The summed E-state index contributed by atoms with van der Waals surface area (Å²) in [6, 6.07) is 5.77. The highest BCUT2D eigenvalue weighted by Gasteiger charge is 2.33. The Balaban J connectivity index is 1.98. The predicted octanol–water partition coefficient (Wildman–Crippen LogP) is 1.69. The average Bonchev–Trinajstić information content (AvgIpc) is 2.52. The third-order valence-electron chi connectivity index (χ3n) is 3.72. The van der Waals surface area contributed by atoms with Gasteiger partial charge < -0.3 is 14.7 Å². The average molecular weight is 318 g/mol. The normalized spacial score (nSPS) is 21.4. The van der Waals surface area contributed by atoms with Crippen LogP contribution in [0.25, 0.3) is 10.9 Å².